The minimum atomic E-state index is 0.902. The van der Waals surface area contributed by atoms with Crippen molar-refractivity contribution in [3.63, 3.8) is 0 Å². The highest BCUT2D eigenvalue weighted by Crippen LogP contribution is 2.19. The van der Waals surface area contributed by atoms with E-state index in [0.29, 0.717) is 0 Å². The van der Waals surface area contributed by atoms with Gasteiger partial charge in [-0.1, -0.05) is 19.8 Å². The first-order valence-electron chi connectivity index (χ1n) is 5.26. The highest BCUT2D eigenvalue weighted by atomic mass is 32.2. The fraction of sp³-hybridized carbons (Fsp3) is 1.00. The molecule has 0 bridgehead atoms. The van der Waals surface area contributed by atoms with Crippen molar-refractivity contribution in [3.05, 3.63) is 0 Å². The van der Waals surface area contributed by atoms with E-state index < -0.39 is 0 Å². The van der Waals surface area contributed by atoms with Crippen molar-refractivity contribution in [2.45, 2.75) is 44.3 Å². The summed E-state index contributed by atoms with van der Waals surface area (Å²) >= 11 is 2.17. The summed E-state index contributed by atoms with van der Waals surface area (Å²) in [7, 11) is 0. The number of hydrogen-bond donors (Lipinski definition) is 1. The van der Waals surface area contributed by atoms with Crippen LogP contribution in [0.15, 0.2) is 0 Å². The van der Waals surface area contributed by atoms with Crippen LogP contribution in [0.1, 0.15) is 39.0 Å². The molecule has 0 amide bonds. The molecule has 1 heterocycles. The van der Waals surface area contributed by atoms with Crippen LogP contribution in [0.3, 0.4) is 0 Å². The molecule has 1 unspecified atom stereocenters. The van der Waals surface area contributed by atoms with Crippen molar-refractivity contribution < 1.29 is 0 Å². The Hall–Kier alpha value is 0.310. The average molecular weight is 187 g/mol. The Kier molecular flexibility index (Phi) is 5.88. The second-order valence-electron chi connectivity index (χ2n) is 3.55. The fourth-order valence-corrected chi connectivity index (χ4v) is 2.88. The molecule has 1 rings (SSSR count). The van der Waals surface area contributed by atoms with Gasteiger partial charge in [0.05, 0.1) is 0 Å². The van der Waals surface area contributed by atoms with Gasteiger partial charge in [0.2, 0.25) is 0 Å². The van der Waals surface area contributed by atoms with Crippen molar-refractivity contribution in [2.75, 3.05) is 18.8 Å². The van der Waals surface area contributed by atoms with Gasteiger partial charge in [0.25, 0.3) is 0 Å². The van der Waals surface area contributed by atoms with Crippen LogP contribution < -0.4 is 5.32 Å². The van der Waals surface area contributed by atoms with Crippen molar-refractivity contribution >= 4 is 11.8 Å². The van der Waals surface area contributed by atoms with Crippen LogP contribution >= 0.6 is 11.8 Å². The van der Waals surface area contributed by atoms with Crippen LogP contribution in [0.25, 0.3) is 0 Å². The summed E-state index contributed by atoms with van der Waals surface area (Å²) in [6.07, 6.45) is 6.97. The average Bonchev–Trinajstić information content (AvgIpc) is 2.33. The molecule has 1 aliphatic heterocycles. The molecular formula is C10H21NS. The Balaban J connectivity index is 2.04. The molecule has 12 heavy (non-hydrogen) atoms. The van der Waals surface area contributed by atoms with Gasteiger partial charge in [-0.15, -0.1) is 0 Å². The van der Waals surface area contributed by atoms with E-state index in [2.05, 4.69) is 24.0 Å². The number of rotatable bonds is 4. The predicted molar refractivity (Wildman–Crippen MR) is 57.9 cm³/mol. The maximum atomic E-state index is 3.50. The smallest absolute Gasteiger partial charge is 0.0172 e. The van der Waals surface area contributed by atoms with Crippen molar-refractivity contribution in [1.82, 2.24) is 5.32 Å². The van der Waals surface area contributed by atoms with Gasteiger partial charge in [0, 0.05) is 11.8 Å². The van der Waals surface area contributed by atoms with Gasteiger partial charge in [0.1, 0.15) is 0 Å². The number of hydrogen-bond acceptors (Lipinski definition) is 2. The Bertz CT molecular complexity index is 98.0. The van der Waals surface area contributed by atoms with E-state index in [1.807, 2.05) is 0 Å². The highest BCUT2D eigenvalue weighted by molar-refractivity contribution is 7.99. The van der Waals surface area contributed by atoms with Crippen LogP contribution in [0.2, 0.25) is 0 Å². The van der Waals surface area contributed by atoms with E-state index in [1.165, 1.54) is 50.9 Å². The first-order valence-corrected chi connectivity index (χ1v) is 6.30. The molecule has 0 aromatic carbocycles. The van der Waals surface area contributed by atoms with Crippen LogP contribution in [0.4, 0.5) is 0 Å². The minimum Gasteiger partial charge on any atom is -0.316 e. The standard InChI is InChI=1S/C10H21NS/c1-2-3-8-12-10-6-4-5-7-11-9-10/h10-11H,2-9H2,1H3. The second-order valence-corrected chi connectivity index (χ2v) is 4.95. The van der Waals surface area contributed by atoms with Crippen LogP contribution in [-0.4, -0.2) is 24.1 Å². The number of thioether (sulfide) groups is 1. The lowest BCUT2D eigenvalue weighted by Gasteiger charge is -2.12. The van der Waals surface area contributed by atoms with Gasteiger partial charge >= 0.3 is 0 Å². The molecule has 1 nitrogen and oxygen atoms in total. The molecule has 1 atom stereocenters. The third-order valence-electron chi connectivity index (χ3n) is 2.35. The molecule has 0 saturated carbocycles. The van der Waals surface area contributed by atoms with Gasteiger partial charge in [0.15, 0.2) is 0 Å². The maximum Gasteiger partial charge on any atom is 0.0172 e. The van der Waals surface area contributed by atoms with Gasteiger partial charge in [-0.2, -0.15) is 11.8 Å². The number of unbranched alkanes of at least 4 members (excludes halogenated alkanes) is 1. The Labute approximate surface area is 80.7 Å². The predicted octanol–water partition coefficient (Wildman–Crippen LogP) is 2.66. The quantitative estimate of drug-likeness (QED) is 0.679. The molecule has 1 saturated heterocycles. The van der Waals surface area contributed by atoms with Crippen molar-refractivity contribution in [2.24, 2.45) is 0 Å². The normalized spacial score (nSPS) is 25.2. The monoisotopic (exact) mass is 187 g/mol. The van der Waals surface area contributed by atoms with E-state index in [4.69, 9.17) is 0 Å². The van der Waals surface area contributed by atoms with E-state index in [-0.39, 0.29) is 0 Å². The molecule has 1 fully saturated rings. The van der Waals surface area contributed by atoms with E-state index in [1.54, 1.807) is 0 Å². The van der Waals surface area contributed by atoms with Crippen molar-refractivity contribution in [1.29, 1.82) is 0 Å². The molecule has 0 aromatic heterocycles. The van der Waals surface area contributed by atoms with Crippen molar-refractivity contribution in [3.8, 4) is 0 Å². The van der Waals surface area contributed by atoms with Crippen LogP contribution in [0.5, 0.6) is 0 Å². The van der Waals surface area contributed by atoms with Gasteiger partial charge < -0.3 is 5.32 Å². The number of nitrogens with one attached hydrogen (secondary N) is 1. The second kappa shape index (κ2) is 6.79. The largest absolute Gasteiger partial charge is 0.316 e. The molecule has 72 valence electrons. The fourth-order valence-electron chi connectivity index (χ4n) is 1.52. The third kappa shape index (κ3) is 4.36. The van der Waals surface area contributed by atoms with Gasteiger partial charge in [-0.05, 0) is 31.6 Å². The highest BCUT2D eigenvalue weighted by Gasteiger charge is 2.10. The summed E-state index contributed by atoms with van der Waals surface area (Å²) in [5.41, 5.74) is 0. The molecule has 1 aliphatic rings. The molecule has 0 spiro atoms. The zero-order valence-corrected chi connectivity index (χ0v) is 8.96. The molecule has 0 radical (unpaired) electrons. The summed E-state index contributed by atoms with van der Waals surface area (Å²) < 4.78 is 0. The van der Waals surface area contributed by atoms with Crippen LogP contribution in [-0.2, 0) is 0 Å². The summed E-state index contributed by atoms with van der Waals surface area (Å²) in [5.74, 6) is 1.36. The minimum absolute atomic E-state index is 0.902. The van der Waals surface area contributed by atoms with Gasteiger partial charge in [-0.25, -0.2) is 0 Å². The molecular weight excluding hydrogens is 166 g/mol. The van der Waals surface area contributed by atoms with E-state index in [9.17, 15) is 0 Å². The molecule has 0 aromatic rings. The molecule has 1 N–H and O–H groups in total. The van der Waals surface area contributed by atoms with Gasteiger partial charge in [-0.3, -0.25) is 0 Å². The zero-order valence-electron chi connectivity index (χ0n) is 8.14. The lowest BCUT2D eigenvalue weighted by molar-refractivity contribution is 0.706. The Morgan fingerprint density at radius 2 is 2.33 bits per heavy atom. The summed E-state index contributed by atoms with van der Waals surface area (Å²) in [5, 5.41) is 4.41. The summed E-state index contributed by atoms with van der Waals surface area (Å²) in [6.45, 7) is 4.76. The lowest BCUT2D eigenvalue weighted by Crippen LogP contribution is -2.22. The van der Waals surface area contributed by atoms with E-state index in [0.717, 1.165) is 5.25 Å². The topological polar surface area (TPSA) is 12.0 Å². The first-order chi connectivity index (χ1) is 5.93. The van der Waals surface area contributed by atoms with Crippen LogP contribution in [0, 0.1) is 0 Å². The molecule has 2 heteroatoms. The lowest BCUT2D eigenvalue weighted by atomic mass is 10.2. The maximum absolute atomic E-state index is 3.50. The summed E-state index contributed by atoms with van der Waals surface area (Å²) in [4.78, 5) is 0. The molecule has 0 aliphatic carbocycles. The van der Waals surface area contributed by atoms with E-state index >= 15 is 0 Å². The third-order valence-corrected chi connectivity index (χ3v) is 3.75. The first kappa shape index (κ1) is 10.4. The SMILES string of the molecule is CCCCSC1CCCCNC1. The summed E-state index contributed by atoms with van der Waals surface area (Å²) in [6, 6.07) is 0. The Morgan fingerprint density at radius 3 is 3.17 bits per heavy atom. The Morgan fingerprint density at radius 1 is 1.42 bits per heavy atom. The zero-order chi connectivity index (χ0) is 8.65.